The highest BCUT2D eigenvalue weighted by atomic mass is 16.5. The number of ether oxygens (including phenoxy) is 1. The van der Waals surface area contributed by atoms with Gasteiger partial charge in [-0.2, -0.15) is 5.10 Å². The molecule has 2 aliphatic carbocycles. The minimum Gasteiger partial charge on any atom is -0.481 e. The Balaban J connectivity index is 1.58. The van der Waals surface area contributed by atoms with Crippen LogP contribution in [0.5, 0.6) is 0 Å². The number of hydrogen-bond donors (Lipinski definition) is 2. The number of carbonyl (C=O) groups is 2. The predicted octanol–water partition coefficient (Wildman–Crippen LogP) is 1.07. The fourth-order valence-electron chi connectivity index (χ4n) is 3.91. The van der Waals surface area contributed by atoms with Gasteiger partial charge >= 0.3 is 5.97 Å². The van der Waals surface area contributed by atoms with Crippen LogP contribution in [0.15, 0.2) is 6.20 Å². The van der Waals surface area contributed by atoms with Gasteiger partial charge in [0.25, 0.3) is 5.91 Å². The van der Waals surface area contributed by atoms with Crippen molar-refractivity contribution in [3.63, 3.8) is 0 Å². The summed E-state index contributed by atoms with van der Waals surface area (Å²) in [5.41, 5.74) is 1.41. The van der Waals surface area contributed by atoms with Crippen LogP contribution < -0.4 is 5.32 Å². The van der Waals surface area contributed by atoms with Gasteiger partial charge in [0.05, 0.1) is 30.8 Å². The van der Waals surface area contributed by atoms with E-state index in [-0.39, 0.29) is 17.9 Å². The zero-order chi connectivity index (χ0) is 16.6. The molecule has 23 heavy (non-hydrogen) atoms. The van der Waals surface area contributed by atoms with Gasteiger partial charge in [-0.15, -0.1) is 0 Å². The number of carboxylic acids is 1. The highest BCUT2D eigenvalue weighted by molar-refractivity contribution is 5.95. The van der Waals surface area contributed by atoms with Gasteiger partial charge in [-0.25, -0.2) is 0 Å². The number of carbonyl (C=O) groups excluding carboxylic acids is 1. The first-order valence-corrected chi connectivity index (χ1v) is 8.06. The van der Waals surface area contributed by atoms with Gasteiger partial charge in [-0.3, -0.25) is 14.3 Å². The van der Waals surface area contributed by atoms with Gasteiger partial charge in [0.1, 0.15) is 0 Å². The maximum absolute atomic E-state index is 12.4. The number of aromatic nitrogens is 2. The number of nitrogens with one attached hydrogen (secondary N) is 1. The molecule has 1 unspecified atom stereocenters. The normalized spacial score (nSPS) is 29.0. The molecule has 0 aliphatic heterocycles. The topological polar surface area (TPSA) is 93.5 Å². The number of hydrogen-bond acceptors (Lipinski definition) is 4. The standard InChI is InChI=1S/C16H23N3O4/c1-9-13(8-17-19(9)3-4-23-2)15(20)18-14-7-10-5-11(16(21)22)6-12(10)14/h8,10-12,14H,3-7H2,1-2H3,(H,18,20)(H,21,22)/t10-,11?,12-,14+/m0/s1. The lowest BCUT2D eigenvalue weighted by molar-refractivity contribution is -0.141. The van der Waals surface area contributed by atoms with Gasteiger partial charge in [0.2, 0.25) is 0 Å². The maximum atomic E-state index is 12.4. The van der Waals surface area contributed by atoms with Crippen LogP contribution >= 0.6 is 0 Å². The van der Waals surface area contributed by atoms with Crippen LogP contribution in [0.25, 0.3) is 0 Å². The average molecular weight is 321 g/mol. The zero-order valence-corrected chi connectivity index (χ0v) is 13.5. The molecule has 1 aromatic heterocycles. The first kappa shape index (κ1) is 16.0. The molecule has 2 fully saturated rings. The Hall–Kier alpha value is -1.89. The van der Waals surface area contributed by atoms with E-state index >= 15 is 0 Å². The smallest absolute Gasteiger partial charge is 0.306 e. The molecule has 7 heteroatoms. The molecule has 1 heterocycles. The minimum atomic E-state index is -0.709. The first-order valence-electron chi connectivity index (χ1n) is 8.06. The monoisotopic (exact) mass is 321 g/mol. The summed E-state index contributed by atoms with van der Waals surface area (Å²) in [7, 11) is 1.63. The summed E-state index contributed by atoms with van der Waals surface area (Å²) in [5.74, 6) is -0.311. The largest absolute Gasteiger partial charge is 0.481 e. The van der Waals surface area contributed by atoms with Crippen LogP contribution in [0.1, 0.15) is 35.3 Å². The molecule has 1 amide bonds. The van der Waals surface area contributed by atoms with Crippen molar-refractivity contribution >= 4 is 11.9 Å². The second kappa shape index (κ2) is 6.31. The molecule has 7 nitrogen and oxygen atoms in total. The average Bonchev–Trinajstić information content (AvgIpc) is 3.03. The molecule has 0 spiro atoms. The van der Waals surface area contributed by atoms with Gasteiger partial charge < -0.3 is 15.2 Å². The Morgan fingerprint density at radius 3 is 2.91 bits per heavy atom. The van der Waals surface area contributed by atoms with Crippen LogP contribution in [-0.4, -0.2) is 46.5 Å². The number of methoxy groups -OCH3 is 1. The lowest BCUT2D eigenvalue weighted by Gasteiger charge is -2.40. The van der Waals surface area contributed by atoms with E-state index in [1.807, 2.05) is 6.92 Å². The van der Waals surface area contributed by atoms with E-state index in [4.69, 9.17) is 9.84 Å². The van der Waals surface area contributed by atoms with Crippen molar-refractivity contribution in [2.24, 2.45) is 17.8 Å². The van der Waals surface area contributed by atoms with E-state index in [2.05, 4.69) is 10.4 Å². The van der Waals surface area contributed by atoms with E-state index in [9.17, 15) is 9.59 Å². The van der Waals surface area contributed by atoms with E-state index < -0.39 is 5.97 Å². The lowest BCUT2D eigenvalue weighted by atomic mass is 9.71. The van der Waals surface area contributed by atoms with Crippen molar-refractivity contribution < 1.29 is 19.4 Å². The van der Waals surface area contributed by atoms with Gasteiger partial charge in [-0.05, 0) is 38.0 Å². The molecule has 2 N–H and O–H groups in total. The molecule has 1 aromatic rings. The van der Waals surface area contributed by atoms with Crippen molar-refractivity contribution in [1.29, 1.82) is 0 Å². The van der Waals surface area contributed by atoms with Crippen LogP contribution in [0.3, 0.4) is 0 Å². The quantitative estimate of drug-likeness (QED) is 0.817. The zero-order valence-electron chi connectivity index (χ0n) is 13.5. The summed E-state index contributed by atoms with van der Waals surface area (Å²) in [6.45, 7) is 3.04. The third-order valence-corrected chi connectivity index (χ3v) is 5.34. The van der Waals surface area contributed by atoms with Crippen LogP contribution in [0, 0.1) is 24.7 Å². The van der Waals surface area contributed by atoms with E-state index in [0.717, 1.165) is 18.5 Å². The fraction of sp³-hybridized carbons (Fsp3) is 0.688. The number of amides is 1. The highest BCUT2D eigenvalue weighted by Crippen LogP contribution is 2.49. The summed E-state index contributed by atoms with van der Waals surface area (Å²) < 4.78 is 6.79. The fourth-order valence-corrected chi connectivity index (χ4v) is 3.91. The van der Waals surface area contributed by atoms with Gasteiger partial charge in [-0.1, -0.05) is 0 Å². The number of aliphatic carboxylic acids is 1. The molecule has 0 bridgehead atoms. The summed E-state index contributed by atoms with van der Waals surface area (Å²) in [5, 5.41) is 16.4. The van der Waals surface area contributed by atoms with Crippen molar-refractivity contribution in [2.75, 3.05) is 13.7 Å². The number of carboxylic acid groups (broad SMARTS) is 1. The molecule has 0 aromatic carbocycles. The SMILES string of the molecule is COCCn1ncc(C(=O)N[C@@H]2C[C@@H]3CC(C(=O)O)C[C@@H]32)c1C. The molecule has 126 valence electrons. The van der Waals surface area contributed by atoms with Crippen molar-refractivity contribution in [2.45, 2.75) is 38.8 Å². The van der Waals surface area contributed by atoms with E-state index in [1.165, 1.54) is 0 Å². The van der Waals surface area contributed by atoms with Gasteiger partial charge in [0.15, 0.2) is 0 Å². The Morgan fingerprint density at radius 1 is 1.43 bits per heavy atom. The second-order valence-electron chi connectivity index (χ2n) is 6.61. The summed E-state index contributed by atoms with van der Waals surface area (Å²) in [6, 6.07) is 0.0959. The molecule has 2 saturated carbocycles. The lowest BCUT2D eigenvalue weighted by Crippen LogP contribution is -2.50. The Labute approximate surface area is 135 Å². The third-order valence-electron chi connectivity index (χ3n) is 5.34. The van der Waals surface area contributed by atoms with Gasteiger partial charge in [0, 0.05) is 18.8 Å². The molecule has 0 saturated heterocycles. The molecular weight excluding hydrogens is 298 g/mol. The van der Waals surface area contributed by atoms with E-state index in [0.29, 0.717) is 37.0 Å². The molecule has 4 atom stereocenters. The van der Waals surface area contributed by atoms with Crippen LogP contribution in [0.2, 0.25) is 0 Å². The van der Waals surface area contributed by atoms with E-state index in [1.54, 1.807) is 18.0 Å². The van der Waals surface area contributed by atoms with Crippen molar-refractivity contribution in [3.8, 4) is 0 Å². The van der Waals surface area contributed by atoms with Crippen molar-refractivity contribution in [3.05, 3.63) is 17.5 Å². The molecule has 2 aliphatic rings. The minimum absolute atomic E-state index is 0.0959. The highest BCUT2D eigenvalue weighted by Gasteiger charge is 2.50. The van der Waals surface area contributed by atoms with Crippen LogP contribution in [-0.2, 0) is 16.1 Å². The maximum Gasteiger partial charge on any atom is 0.306 e. The number of rotatable bonds is 6. The summed E-state index contributed by atoms with van der Waals surface area (Å²) in [4.78, 5) is 23.5. The summed E-state index contributed by atoms with van der Waals surface area (Å²) >= 11 is 0. The number of fused-ring (bicyclic) bond motifs is 1. The van der Waals surface area contributed by atoms with Crippen molar-refractivity contribution in [1.82, 2.24) is 15.1 Å². The Morgan fingerprint density at radius 2 is 2.22 bits per heavy atom. The summed E-state index contributed by atoms with van der Waals surface area (Å²) in [6.07, 6.45) is 3.90. The predicted molar refractivity (Wildman–Crippen MR) is 82.1 cm³/mol. The van der Waals surface area contributed by atoms with Crippen LogP contribution in [0.4, 0.5) is 0 Å². The number of nitrogens with zero attached hydrogens (tertiary/aromatic N) is 2. The molecule has 0 radical (unpaired) electrons. The Bertz CT molecular complexity index is 612. The second-order valence-corrected chi connectivity index (χ2v) is 6.61. The first-order chi connectivity index (χ1) is 11.0. The molecule has 3 rings (SSSR count). The molecular formula is C16H23N3O4. The Kier molecular flexibility index (Phi) is 4.39. The third kappa shape index (κ3) is 2.97.